The number of hydrogen-bond acceptors (Lipinski definition) is 6. The number of rotatable bonds is 12. The van der Waals surface area contributed by atoms with Crippen LogP contribution in [0.5, 0.6) is 5.75 Å². The maximum Gasteiger partial charge on any atom is 0.244 e. The maximum atomic E-state index is 13.9. The average Bonchev–Trinajstić information content (AvgIpc) is 3.61. The minimum absolute atomic E-state index is 0.148. The first-order chi connectivity index (χ1) is 14.0. The van der Waals surface area contributed by atoms with Crippen molar-refractivity contribution in [2.45, 2.75) is 67.8 Å². The van der Waals surface area contributed by atoms with Crippen molar-refractivity contribution in [2.75, 3.05) is 13.2 Å². The zero-order valence-electron chi connectivity index (χ0n) is 16.5. The van der Waals surface area contributed by atoms with Gasteiger partial charge in [0.15, 0.2) is 11.6 Å². The highest BCUT2D eigenvalue weighted by atomic mass is 32.2. The van der Waals surface area contributed by atoms with Crippen LogP contribution in [-0.4, -0.2) is 36.5 Å². The molecule has 4 rings (SSSR count). The van der Waals surface area contributed by atoms with Crippen LogP contribution < -0.4 is 20.1 Å². The largest absolute Gasteiger partial charge is 0.490 e. The summed E-state index contributed by atoms with van der Waals surface area (Å²) in [7, 11) is 0. The first-order valence-electron chi connectivity index (χ1n) is 10.5. The Morgan fingerprint density at radius 3 is 2.76 bits per heavy atom. The number of hydrogen-bond donors (Lipinski definition) is 3. The van der Waals surface area contributed by atoms with Crippen LogP contribution in [0.15, 0.2) is 23.1 Å². The van der Waals surface area contributed by atoms with Gasteiger partial charge in [-0.3, -0.25) is 19.6 Å². The molecule has 1 aliphatic heterocycles. The van der Waals surface area contributed by atoms with Crippen molar-refractivity contribution in [3.8, 4) is 5.75 Å². The third-order valence-corrected chi connectivity index (χ3v) is 6.78. The monoisotopic (exact) mass is 421 g/mol. The van der Waals surface area contributed by atoms with Crippen molar-refractivity contribution in [3.63, 3.8) is 0 Å². The zero-order valence-corrected chi connectivity index (χ0v) is 17.3. The fourth-order valence-corrected chi connectivity index (χ4v) is 4.40. The normalized spacial score (nSPS) is 22.6. The van der Waals surface area contributed by atoms with E-state index in [-0.39, 0.29) is 35.6 Å². The standard InChI is InChI=1S/C21H28FN3O3S/c22-16-6-5-15(11-18(16)28-13-14-3-4-14)29-25-21(8-9-21)7-1-2-10-23-17-12-19(26)24-20(17)27/h5-6,11,14,17,23,25H,1-4,7-10,12-13H2,(H,24,26,27). The van der Waals surface area contributed by atoms with E-state index in [2.05, 4.69) is 15.4 Å². The molecule has 0 bridgehead atoms. The van der Waals surface area contributed by atoms with E-state index in [0.717, 1.165) is 43.5 Å². The lowest BCUT2D eigenvalue weighted by Crippen LogP contribution is -2.36. The van der Waals surface area contributed by atoms with E-state index in [1.54, 1.807) is 24.1 Å². The van der Waals surface area contributed by atoms with Gasteiger partial charge in [-0.1, -0.05) is 6.42 Å². The Morgan fingerprint density at radius 1 is 1.24 bits per heavy atom. The molecule has 1 aromatic carbocycles. The Kier molecular flexibility index (Phi) is 6.41. The van der Waals surface area contributed by atoms with Crippen LogP contribution in [0.4, 0.5) is 4.39 Å². The lowest BCUT2D eigenvalue weighted by Gasteiger charge is -2.17. The third kappa shape index (κ3) is 5.93. The molecule has 1 saturated heterocycles. The molecule has 3 N–H and O–H groups in total. The van der Waals surface area contributed by atoms with Gasteiger partial charge >= 0.3 is 0 Å². The van der Waals surface area contributed by atoms with Crippen molar-refractivity contribution >= 4 is 23.8 Å². The number of carbonyl (C=O) groups excluding carboxylic acids is 2. The lowest BCUT2D eigenvalue weighted by atomic mass is 10.1. The smallest absolute Gasteiger partial charge is 0.244 e. The molecule has 1 aromatic rings. The predicted octanol–water partition coefficient (Wildman–Crippen LogP) is 2.92. The quantitative estimate of drug-likeness (QED) is 0.274. The molecule has 29 heavy (non-hydrogen) atoms. The van der Waals surface area contributed by atoms with Gasteiger partial charge in [-0.15, -0.1) is 0 Å². The molecule has 1 unspecified atom stereocenters. The van der Waals surface area contributed by atoms with Gasteiger partial charge in [0.25, 0.3) is 0 Å². The second kappa shape index (κ2) is 9.02. The van der Waals surface area contributed by atoms with Crippen molar-refractivity contribution in [1.82, 2.24) is 15.4 Å². The van der Waals surface area contributed by atoms with Crippen LogP contribution in [0, 0.1) is 11.7 Å². The second-order valence-corrected chi connectivity index (χ2v) is 9.29. The molecule has 1 heterocycles. The summed E-state index contributed by atoms with van der Waals surface area (Å²) in [6.07, 6.45) is 7.94. The van der Waals surface area contributed by atoms with E-state index >= 15 is 0 Å². The van der Waals surface area contributed by atoms with Gasteiger partial charge in [-0.2, -0.15) is 0 Å². The van der Waals surface area contributed by atoms with Crippen LogP contribution in [0.2, 0.25) is 0 Å². The van der Waals surface area contributed by atoms with Crippen molar-refractivity contribution in [3.05, 3.63) is 24.0 Å². The molecule has 3 fully saturated rings. The maximum absolute atomic E-state index is 13.9. The second-order valence-electron chi connectivity index (χ2n) is 8.41. The lowest BCUT2D eigenvalue weighted by molar-refractivity contribution is -0.125. The van der Waals surface area contributed by atoms with Crippen LogP contribution in [0.3, 0.4) is 0 Å². The van der Waals surface area contributed by atoms with E-state index in [0.29, 0.717) is 18.3 Å². The Hall–Kier alpha value is -1.64. The summed E-state index contributed by atoms with van der Waals surface area (Å²) >= 11 is 1.54. The Balaban J connectivity index is 1.15. The van der Waals surface area contributed by atoms with E-state index in [1.807, 2.05) is 0 Å². The highest BCUT2D eigenvalue weighted by Crippen LogP contribution is 2.43. The molecule has 2 aliphatic carbocycles. The number of benzene rings is 1. The number of imide groups is 1. The molecule has 2 amide bonds. The van der Waals surface area contributed by atoms with Gasteiger partial charge in [0, 0.05) is 10.4 Å². The van der Waals surface area contributed by atoms with Crippen molar-refractivity contribution in [2.24, 2.45) is 5.92 Å². The number of halogens is 1. The first kappa shape index (κ1) is 20.6. The van der Waals surface area contributed by atoms with Gasteiger partial charge in [0.05, 0.1) is 19.1 Å². The molecule has 3 aliphatic rings. The molecular weight excluding hydrogens is 393 g/mol. The summed E-state index contributed by atoms with van der Waals surface area (Å²) in [5.74, 6) is 0.214. The number of carbonyl (C=O) groups is 2. The SMILES string of the molecule is O=C1CC(NCCCCC2(NSc3ccc(F)c(OCC4CC4)c3)CC2)C(=O)N1. The summed E-state index contributed by atoms with van der Waals surface area (Å²) in [6.45, 7) is 1.33. The number of nitrogens with one attached hydrogen (secondary N) is 3. The van der Waals surface area contributed by atoms with E-state index in [1.165, 1.54) is 18.9 Å². The average molecular weight is 422 g/mol. The predicted molar refractivity (Wildman–Crippen MR) is 109 cm³/mol. The third-order valence-electron chi connectivity index (χ3n) is 5.75. The van der Waals surface area contributed by atoms with Crippen LogP contribution in [-0.2, 0) is 9.59 Å². The fourth-order valence-electron chi connectivity index (χ4n) is 3.45. The van der Waals surface area contributed by atoms with Gasteiger partial charge in [0.1, 0.15) is 0 Å². The number of ether oxygens (including phenoxy) is 1. The highest BCUT2D eigenvalue weighted by molar-refractivity contribution is 7.97. The summed E-state index contributed by atoms with van der Waals surface area (Å²) in [5.41, 5.74) is 0.148. The van der Waals surface area contributed by atoms with Crippen LogP contribution >= 0.6 is 11.9 Å². The van der Waals surface area contributed by atoms with Gasteiger partial charge in [-0.25, -0.2) is 4.39 Å². The topological polar surface area (TPSA) is 79.5 Å². The van der Waals surface area contributed by atoms with Gasteiger partial charge in [0.2, 0.25) is 11.8 Å². The Morgan fingerprint density at radius 2 is 2.07 bits per heavy atom. The van der Waals surface area contributed by atoms with Crippen molar-refractivity contribution in [1.29, 1.82) is 0 Å². The number of unbranched alkanes of at least 4 members (excludes halogenated alkanes) is 1. The molecule has 158 valence electrons. The molecule has 8 heteroatoms. The van der Waals surface area contributed by atoms with Gasteiger partial charge < -0.3 is 10.1 Å². The summed E-state index contributed by atoms with van der Waals surface area (Å²) in [5, 5.41) is 5.47. The highest BCUT2D eigenvalue weighted by Gasteiger charge is 2.41. The summed E-state index contributed by atoms with van der Waals surface area (Å²) in [6, 6.07) is 4.66. The Labute approximate surface area is 174 Å². The summed E-state index contributed by atoms with van der Waals surface area (Å²) in [4.78, 5) is 23.7. The molecule has 2 saturated carbocycles. The van der Waals surface area contributed by atoms with Crippen LogP contribution in [0.1, 0.15) is 51.4 Å². The molecule has 0 aromatic heterocycles. The van der Waals surface area contributed by atoms with Crippen LogP contribution in [0.25, 0.3) is 0 Å². The molecule has 0 radical (unpaired) electrons. The van der Waals surface area contributed by atoms with E-state index in [4.69, 9.17) is 4.74 Å². The van der Waals surface area contributed by atoms with Gasteiger partial charge in [-0.05, 0) is 81.1 Å². The van der Waals surface area contributed by atoms with Crippen molar-refractivity contribution < 1.29 is 18.7 Å². The zero-order chi connectivity index (χ0) is 20.3. The Bertz CT molecular complexity index is 768. The molecular formula is C21H28FN3O3S. The summed E-state index contributed by atoms with van der Waals surface area (Å²) < 4.78 is 23.1. The molecule has 0 spiro atoms. The minimum Gasteiger partial charge on any atom is -0.490 e. The minimum atomic E-state index is -0.374. The van der Waals surface area contributed by atoms with E-state index < -0.39 is 0 Å². The molecule has 6 nitrogen and oxygen atoms in total. The fraction of sp³-hybridized carbons (Fsp3) is 0.619. The molecule has 1 atom stereocenters. The van der Waals surface area contributed by atoms with E-state index in [9.17, 15) is 14.0 Å². The first-order valence-corrected chi connectivity index (χ1v) is 11.3. The number of amides is 2.